The van der Waals surface area contributed by atoms with Crippen molar-refractivity contribution in [1.29, 1.82) is 0 Å². The molecule has 1 heterocycles. The third kappa shape index (κ3) is 4.88. The molecule has 140 valence electrons. The summed E-state index contributed by atoms with van der Waals surface area (Å²) in [5, 5.41) is 9.54. The van der Waals surface area contributed by atoms with Crippen molar-refractivity contribution < 1.29 is 14.5 Å². The SMILES string of the molecule is CC(C)(C)C1[C@H](CC/C=N\[S+]([O-])C(C)(C)C)CN(C(=O)O)C1(C)C. The van der Waals surface area contributed by atoms with Gasteiger partial charge in [0.25, 0.3) is 0 Å². The summed E-state index contributed by atoms with van der Waals surface area (Å²) in [4.78, 5) is 13.2. The highest BCUT2D eigenvalue weighted by atomic mass is 32.2. The van der Waals surface area contributed by atoms with Crippen LogP contribution < -0.4 is 0 Å². The lowest BCUT2D eigenvalue weighted by atomic mass is 9.66. The van der Waals surface area contributed by atoms with Gasteiger partial charge in [-0.3, -0.25) is 0 Å². The molecule has 0 radical (unpaired) electrons. The van der Waals surface area contributed by atoms with Crippen LogP contribution in [-0.4, -0.2) is 43.7 Å². The van der Waals surface area contributed by atoms with E-state index in [-0.39, 0.29) is 27.5 Å². The van der Waals surface area contributed by atoms with Crippen LogP contribution in [0.5, 0.6) is 0 Å². The van der Waals surface area contributed by atoms with Gasteiger partial charge in [0, 0.05) is 12.1 Å². The van der Waals surface area contributed by atoms with Crippen LogP contribution in [0.3, 0.4) is 0 Å². The lowest BCUT2D eigenvalue weighted by Crippen LogP contribution is -2.48. The van der Waals surface area contributed by atoms with Gasteiger partial charge in [-0.2, -0.15) is 0 Å². The van der Waals surface area contributed by atoms with E-state index in [4.69, 9.17) is 0 Å². The molecule has 0 bridgehead atoms. The first-order valence-electron chi connectivity index (χ1n) is 8.64. The van der Waals surface area contributed by atoms with E-state index in [0.717, 1.165) is 12.8 Å². The second-order valence-electron chi connectivity index (χ2n) is 9.38. The molecule has 1 rings (SSSR count). The van der Waals surface area contributed by atoms with Crippen molar-refractivity contribution in [3.8, 4) is 0 Å². The van der Waals surface area contributed by atoms with Crippen molar-refractivity contribution in [2.24, 2.45) is 21.6 Å². The first kappa shape index (κ1) is 21.3. The molecule has 0 aliphatic carbocycles. The summed E-state index contributed by atoms with van der Waals surface area (Å²) >= 11 is -1.23. The van der Waals surface area contributed by atoms with E-state index in [1.54, 1.807) is 11.1 Å². The Kier molecular flexibility index (Phi) is 6.42. The summed E-state index contributed by atoms with van der Waals surface area (Å²) in [6.45, 7) is 16.9. The molecule has 0 aromatic heterocycles. The Labute approximate surface area is 150 Å². The molecule has 3 atom stereocenters. The average Bonchev–Trinajstić information content (AvgIpc) is 2.63. The monoisotopic (exact) mass is 358 g/mol. The van der Waals surface area contributed by atoms with Gasteiger partial charge in [-0.1, -0.05) is 25.2 Å². The number of amides is 1. The highest BCUT2D eigenvalue weighted by molar-refractivity contribution is 7.91. The van der Waals surface area contributed by atoms with Crippen molar-refractivity contribution in [1.82, 2.24) is 4.90 Å². The Morgan fingerprint density at radius 1 is 1.33 bits per heavy atom. The van der Waals surface area contributed by atoms with E-state index in [0.29, 0.717) is 6.54 Å². The molecule has 0 aromatic rings. The van der Waals surface area contributed by atoms with Gasteiger partial charge >= 0.3 is 6.09 Å². The Balaban J connectivity index is 2.82. The van der Waals surface area contributed by atoms with Crippen LogP contribution in [-0.2, 0) is 11.4 Å². The molecule has 1 aliphatic rings. The second-order valence-corrected chi connectivity index (χ2v) is 11.3. The maximum Gasteiger partial charge on any atom is 0.407 e. The summed E-state index contributed by atoms with van der Waals surface area (Å²) in [6.07, 6.45) is 2.49. The van der Waals surface area contributed by atoms with Gasteiger partial charge in [0.1, 0.15) is 16.1 Å². The van der Waals surface area contributed by atoms with Gasteiger partial charge in [0.15, 0.2) is 0 Å². The van der Waals surface area contributed by atoms with E-state index >= 15 is 0 Å². The van der Waals surface area contributed by atoms with Crippen LogP contribution in [0.2, 0.25) is 0 Å². The highest BCUT2D eigenvalue weighted by Gasteiger charge is 2.53. The van der Waals surface area contributed by atoms with E-state index in [9.17, 15) is 14.5 Å². The molecular weight excluding hydrogens is 324 g/mol. The van der Waals surface area contributed by atoms with Crippen LogP contribution >= 0.6 is 0 Å². The van der Waals surface area contributed by atoms with E-state index in [1.807, 2.05) is 34.6 Å². The molecular formula is C18H34N2O3S. The molecule has 1 saturated heterocycles. The fraction of sp³-hybridized carbons (Fsp3) is 0.889. The molecule has 0 spiro atoms. The fourth-order valence-corrected chi connectivity index (χ4v) is 4.79. The third-order valence-corrected chi connectivity index (χ3v) is 6.26. The van der Waals surface area contributed by atoms with Gasteiger partial charge in [-0.15, -0.1) is 0 Å². The minimum Gasteiger partial charge on any atom is -0.591 e. The molecule has 1 fully saturated rings. The summed E-state index contributed by atoms with van der Waals surface area (Å²) in [5.74, 6) is 0.549. The minimum absolute atomic E-state index is 0.0176. The zero-order chi connectivity index (χ0) is 18.9. The second kappa shape index (κ2) is 7.24. The molecule has 6 heteroatoms. The van der Waals surface area contributed by atoms with Gasteiger partial charge in [0.2, 0.25) is 0 Å². The van der Waals surface area contributed by atoms with E-state index < -0.39 is 17.5 Å². The molecule has 1 N–H and O–H groups in total. The number of hydrogen-bond donors (Lipinski definition) is 1. The quantitative estimate of drug-likeness (QED) is 0.599. The Morgan fingerprint density at radius 2 is 1.88 bits per heavy atom. The lowest BCUT2D eigenvalue weighted by Gasteiger charge is -2.42. The molecule has 0 saturated carbocycles. The van der Waals surface area contributed by atoms with Crippen LogP contribution in [0, 0.1) is 17.3 Å². The van der Waals surface area contributed by atoms with Crippen LogP contribution in [0.1, 0.15) is 68.2 Å². The summed E-state index contributed by atoms with van der Waals surface area (Å²) in [7, 11) is 0. The Bertz CT molecular complexity index is 478. The van der Waals surface area contributed by atoms with Gasteiger partial charge in [-0.25, -0.2) is 4.79 Å². The number of hydrogen-bond acceptors (Lipinski definition) is 3. The standard InChI is InChI=1S/C18H34N2O3S/c1-16(2,3)14-13(12-20(15(21)22)18(14,7)8)10-9-11-19-24(23)17(4,5)6/h11,13-14H,9-10,12H2,1-8H3,(H,21,22)/b19-11-/t13-,14?,24?/m1/s1. The number of carboxylic acid groups (broad SMARTS) is 1. The first-order chi connectivity index (χ1) is 10.7. The smallest absolute Gasteiger partial charge is 0.407 e. The molecule has 1 amide bonds. The number of carbonyl (C=O) groups is 1. The first-order valence-corrected chi connectivity index (χ1v) is 9.74. The molecule has 2 unspecified atom stereocenters. The fourth-order valence-electron chi connectivity index (χ4n) is 4.24. The number of rotatable bonds is 4. The van der Waals surface area contributed by atoms with Crippen molar-refractivity contribution in [3.63, 3.8) is 0 Å². The maximum absolute atomic E-state index is 12.0. The normalized spacial score (nSPS) is 26.1. The zero-order valence-corrected chi connectivity index (χ0v) is 17.2. The van der Waals surface area contributed by atoms with Gasteiger partial charge < -0.3 is 14.6 Å². The van der Waals surface area contributed by atoms with Crippen molar-refractivity contribution >= 4 is 23.7 Å². The molecule has 0 aromatic carbocycles. The topological polar surface area (TPSA) is 76.0 Å². The third-order valence-electron chi connectivity index (χ3n) is 4.87. The largest absolute Gasteiger partial charge is 0.591 e. The van der Waals surface area contributed by atoms with Crippen LogP contribution in [0.25, 0.3) is 0 Å². The van der Waals surface area contributed by atoms with Crippen molar-refractivity contribution in [2.75, 3.05) is 6.54 Å². The Morgan fingerprint density at radius 3 is 2.29 bits per heavy atom. The maximum atomic E-state index is 12.0. The molecule has 5 nitrogen and oxygen atoms in total. The average molecular weight is 359 g/mol. The summed E-state index contributed by atoms with van der Waals surface area (Å²) < 4.78 is 15.8. The van der Waals surface area contributed by atoms with E-state index in [1.165, 1.54) is 0 Å². The lowest BCUT2D eigenvalue weighted by molar-refractivity contribution is 0.0640. The van der Waals surface area contributed by atoms with Crippen LogP contribution in [0.4, 0.5) is 4.79 Å². The summed E-state index contributed by atoms with van der Waals surface area (Å²) in [5.41, 5.74) is -0.371. The zero-order valence-electron chi connectivity index (χ0n) is 16.4. The van der Waals surface area contributed by atoms with E-state index in [2.05, 4.69) is 25.2 Å². The number of likely N-dealkylation sites (tertiary alicyclic amines) is 1. The molecule has 24 heavy (non-hydrogen) atoms. The minimum atomic E-state index is -1.23. The summed E-state index contributed by atoms with van der Waals surface area (Å²) in [6, 6.07) is 0. The van der Waals surface area contributed by atoms with Crippen molar-refractivity contribution in [2.45, 2.75) is 78.5 Å². The highest BCUT2D eigenvalue weighted by Crippen LogP contribution is 2.49. The molecule has 1 aliphatic heterocycles. The van der Waals surface area contributed by atoms with Gasteiger partial charge in [0.05, 0.1) is 6.21 Å². The predicted octanol–water partition coefficient (Wildman–Crippen LogP) is 4.35. The number of nitrogens with zero attached hydrogens (tertiary/aromatic N) is 2. The Hall–Kier alpha value is -0.750. The predicted molar refractivity (Wildman–Crippen MR) is 101 cm³/mol. The van der Waals surface area contributed by atoms with Crippen molar-refractivity contribution in [3.05, 3.63) is 0 Å². The van der Waals surface area contributed by atoms with Crippen LogP contribution in [0.15, 0.2) is 4.40 Å². The van der Waals surface area contributed by atoms with Gasteiger partial charge in [-0.05, 0) is 64.7 Å².